The Hall–Kier alpha value is -2.28. The highest BCUT2D eigenvalue weighted by Crippen LogP contribution is 2.22. The normalized spacial score (nSPS) is 10.7. The summed E-state index contributed by atoms with van der Waals surface area (Å²) in [5.74, 6) is -1.29. The number of esters is 2. The van der Waals surface area contributed by atoms with Crippen LogP contribution in [0.1, 0.15) is 20.7 Å². The first-order valence-electron chi connectivity index (χ1n) is 9.81. The standard InChI is InChI=1S/C20H30O11/c21-3-6-26-9-10-27-11-12-28-13-14-29-18-15-16(19(24)30-7-4-22)1-2-17(18)20(25)31-8-5-23/h1-2,15,21-23H,3-14H2. The second kappa shape index (κ2) is 17.4. The summed E-state index contributed by atoms with van der Waals surface area (Å²) < 4.78 is 31.0. The van der Waals surface area contributed by atoms with Crippen molar-refractivity contribution in [2.75, 3.05) is 79.3 Å². The number of benzene rings is 1. The van der Waals surface area contributed by atoms with Crippen LogP contribution >= 0.6 is 0 Å². The van der Waals surface area contributed by atoms with E-state index in [9.17, 15) is 9.59 Å². The maximum atomic E-state index is 12.1. The molecule has 176 valence electrons. The molecule has 0 aliphatic carbocycles. The van der Waals surface area contributed by atoms with Gasteiger partial charge < -0.3 is 43.7 Å². The summed E-state index contributed by atoms with van der Waals surface area (Å²) in [6.07, 6.45) is 0. The fourth-order valence-electron chi connectivity index (χ4n) is 2.19. The van der Waals surface area contributed by atoms with Crippen LogP contribution in [-0.4, -0.2) is 107 Å². The second-order valence-corrected chi connectivity index (χ2v) is 5.84. The minimum atomic E-state index is -0.711. The first kappa shape index (κ1) is 26.8. The molecule has 3 N–H and O–H groups in total. The maximum absolute atomic E-state index is 12.1. The average molecular weight is 446 g/mol. The molecule has 1 aromatic rings. The fraction of sp³-hybridized carbons (Fsp3) is 0.600. The van der Waals surface area contributed by atoms with Crippen LogP contribution in [0, 0.1) is 0 Å². The van der Waals surface area contributed by atoms with E-state index in [2.05, 4.69) is 0 Å². The molecule has 11 nitrogen and oxygen atoms in total. The van der Waals surface area contributed by atoms with Gasteiger partial charge in [0.25, 0.3) is 0 Å². The Labute approximate surface area is 180 Å². The average Bonchev–Trinajstić information content (AvgIpc) is 2.79. The lowest BCUT2D eigenvalue weighted by Gasteiger charge is -2.13. The van der Waals surface area contributed by atoms with Crippen molar-refractivity contribution >= 4 is 11.9 Å². The molecular weight excluding hydrogens is 416 g/mol. The predicted molar refractivity (Wildman–Crippen MR) is 106 cm³/mol. The molecule has 1 aromatic carbocycles. The Balaban J connectivity index is 2.50. The van der Waals surface area contributed by atoms with Crippen molar-refractivity contribution in [3.05, 3.63) is 29.3 Å². The zero-order chi connectivity index (χ0) is 22.7. The Bertz CT molecular complexity index is 636. The van der Waals surface area contributed by atoms with E-state index < -0.39 is 11.9 Å². The number of hydrogen-bond acceptors (Lipinski definition) is 11. The molecule has 0 atom stereocenters. The van der Waals surface area contributed by atoms with Crippen molar-refractivity contribution in [1.29, 1.82) is 0 Å². The quantitative estimate of drug-likeness (QED) is 0.196. The third-order valence-electron chi connectivity index (χ3n) is 3.55. The number of aliphatic hydroxyl groups excluding tert-OH is 3. The summed E-state index contributed by atoms with van der Waals surface area (Å²) in [7, 11) is 0. The van der Waals surface area contributed by atoms with Gasteiger partial charge in [-0.2, -0.15) is 0 Å². The van der Waals surface area contributed by atoms with Crippen molar-refractivity contribution in [3.63, 3.8) is 0 Å². The van der Waals surface area contributed by atoms with E-state index in [0.29, 0.717) is 26.4 Å². The minimum absolute atomic E-state index is 0.0310. The van der Waals surface area contributed by atoms with Crippen LogP contribution in [0.2, 0.25) is 0 Å². The summed E-state index contributed by atoms with van der Waals surface area (Å²) in [5, 5.41) is 26.1. The summed E-state index contributed by atoms with van der Waals surface area (Å²) in [6, 6.07) is 4.07. The van der Waals surface area contributed by atoms with Crippen LogP contribution in [0.25, 0.3) is 0 Å². The van der Waals surface area contributed by atoms with Crippen LogP contribution in [0.3, 0.4) is 0 Å². The van der Waals surface area contributed by atoms with Crippen molar-refractivity contribution in [3.8, 4) is 5.75 Å². The molecule has 0 radical (unpaired) electrons. The fourth-order valence-corrected chi connectivity index (χ4v) is 2.19. The van der Waals surface area contributed by atoms with E-state index in [-0.39, 0.29) is 69.7 Å². The number of rotatable bonds is 18. The number of hydrogen-bond donors (Lipinski definition) is 3. The van der Waals surface area contributed by atoms with E-state index >= 15 is 0 Å². The van der Waals surface area contributed by atoms with Crippen LogP contribution in [-0.2, 0) is 23.7 Å². The molecule has 0 unspecified atom stereocenters. The van der Waals surface area contributed by atoms with Crippen LogP contribution in [0.15, 0.2) is 18.2 Å². The highest BCUT2D eigenvalue weighted by Gasteiger charge is 2.18. The summed E-state index contributed by atoms with van der Waals surface area (Å²) in [5.41, 5.74) is 0.221. The van der Waals surface area contributed by atoms with Gasteiger partial charge in [0.15, 0.2) is 0 Å². The molecule has 0 aliphatic rings. The molecule has 0 fully saturated rings. The van der Waals surface area contributed by atoms with Crippen LogP contribution in [0.5, 0.6) is 5.75 Å². The second-order valence-electron chi connectivity index (χ2n) is 5.84. The molecule has 0 aromatic heterocycles. The van der Waals surface area contributed by atoms with Crippen molar-refractivity contribution in [1.82, 2.24) is 0 Å². The van der Waals surface area contributed by atoms with Crippen LogP contribution in [0.4, 0.5) is 0 Å². The van der Waals surface area contributed by atoms with Gasteiger partial charge in [0.05, 0.1) is 65.0 Å². The highest BCUT2D eigenvalue weighted by atomic mass is 16.6. The van der Waals surface area contributed by atoms with Gasteiger partial charge in [0.2, 0.25) is 0 Å². The van der Waals surface area contributed by atoms with Gasteiger partial charge in [-0.05, 0) is 18.2 Å². The lowest BCUT2D eigenvalue weighted by atomic mass is 10.1. The largest absolute Gasteiger partial charge is 0.490 e. The van der Waals surface area contributed by atoms with Gasteiger partial charge in [-0.25, -0.2) is 9.59 Å². The van der Waals surface area contributed by atoms with E-state index in [1.54, 1.807) is 0 Å². The molecule has 0 bridgehead atoms. The molecular formula is C20H30O11. The third-order valence-corrected chi connectivity index (χ3v) is 3.55. The maximum Gasteiger partial charge on any atom is 0.342 e. The SMILES string of the molecule is O=C(OCCO)c1ccc(C(=O)OCCO)c(OCCOCCOCCOCCO)c1. The number of aliphatic hydroxyl groups is 3. The lowest BCUT2D eigenvalue weighted by molar-refractivity contribution is 0.00350. The van der Waals surface area contributed by atoms with Gasteiger partial charge in [0, 0.05) is 0 Å². The first-order valence-corrected chi connectivity index (χ1v) is 9.81. The summed E-state index contributed by atoms with van der Waals surface area (Å²) in [4.78, 5) is 24.1. The lowest BCUT2D eigenvalue weighted by Crippen LogP contribution is -2.16. The highest BCUT2D eigenvalue weighted by molar-refractivity contribution is 5.96. The number of carbonyl (C=O) groups is 2. The van der Waals surface area contributed by atoms with Gasteiger partial charge in [-0.15, -0.1) is 0 Å². The molecule has 0 saturated heterocycles. The topological polar surface area (TPSA) is 150 Å². The number of carbonyl (C=O) groups excluding carboxylic acids is 2. The first-order chi connectivity index (χ1) is 15.1. The van der Waals surface area contributed by atoms with Gasteiger partial charge in [0.1, 0.15) is 31.1 Å². The minimum Gasteiger partial charge on any atom is -0.490 e. The monoisotopic (exact) mass is 446 g/mol. The molecule has 11 heteroatoms. The Morgan fingerprint density at radius 2 is 1.16 bits per heavy atom. The smallest absolute Gasteiger partial charge is 0.342 e. The Morgan fingerprint density at radius 1 is 0.645 bits per heavy atom. The van der Waals surface area contributed by atoms with E-state index in [0.717, 1.165) is 0 Å². The molecule has 0 amide bonds. The summed E-state index contributed by atoms with van der Waals surface area (Å²) >= 11 is 0. The Morgan fingerprint density at radius 3 is 1.74 bits per heavy atom. The molecule has 0 heterocycles. The predicted octanol–water partition coefficient (Wildman–Crippen LogP) is -0.594. The zero-order valence-corrected chi connectivity index (χ0v) is 17.3. The van der Waals surface area contributed by atoms with Gasteiger partial charge >= 0.3 is 11.9 Å². The van der Waals surface area contributed by atoms with Crippen LogP contribution < -0.4 is 4.74 Å². The third kappa shape index (κ3) is 11.6. The van der Waals surface area contributed by atoms with E-state index in [1.807, 2.05) is 0 Å². The molecule has 0 saturated carbocycles. The van der Waals surface area contributed by atoms with E-state index in [4.69, 9.17) is 43.7 Å². The van der Waals surface area contributed by atoms with Crippen molar-refractivity contribution < 1.29 is 53.3 Å². The number of ether oxygens (including phenoxy) is 6. The summed E-state index contributed by atoms with van der Waals surface area (Å²) in [6.45, 7) is 1.03. The zero-order valence-electron chi connectivity index (χ0n) is 17.3. The van der Waals surface area contributed by atoms with Crippen molar-refractivity contribution in [2.24, 2.45) is 0 Å². The van der Waals surface area contributed by atoms with E-state index in [1.165, 1.54) is 18.2 Å². The molecule has 31 heavy (non-hydrogen) atoms. The molecule has 0 aliphatic heterocycles. The molecule has 0 spiro atoms. The van der Waals surface area contributed by atoms with Gasteiger partial charge in [-0.1, -0.05) is 0 Å². The molecule has 1 rings (SSSR count). The van der Waals surface area contributed by atoms with Crippen molar-refractivity contribution in [2.45, 2.75) is 0 Å². The Kier molecular flexibility index (Phi) is 15.0. The van der Waals surface area contributed by atoms with Gasteiger partial charge in [-0.3, -0.25) is 0 Å².